The Morgan fingerprint density at radius 3 is 2.30 bits per heavy atom. The zero-order chi connectivity index (χ0) is 19.8. The van der Waals surface area contributed by atoms with Gasteiger partial charge in [-0.15, -0.1) is 0 Å². The van der Waals surface area contributed by atoms with Gasteiger partial charge in [0.05, 0.1) is 33.0 Å². The first-order valence-corrected chi connectivity index (χ1v) is 11.1. The van der Waals surface area contributed by atoms with Crippen LogP contribution in [0, 0.1) is 0 Å². The molecule has 0 spiro atoms. The van der Waals surface area contributed by atoms with Gasteiger partial charge in [-0.1, -0.05) is 50.8 Å². The molecular weight excluding hydrogens is 371 g/mol. The fraction of sp³-hybridized carbons (Fsp3) is 0.684. The average Bonchev–Trinajstić information content (AvgIpc) is 2.63. The first kappa shape index (κ1) is 24.1. The van der Waals surface area contributed by atoms with Crippen LogP contribution in [0.1, 0.15) is 45.4 Å². The minimum Gasteiger partial charge on any atom is -0.488 e. The maximum atomic E-state index is 10.5. The summed E-state index contributed by atoms with van der Waals surface area (Å²) in [5.41, 5.74) is 0. The van der Waals surface area contributed by atoms with E-state index in [4.69, 9.17) is 24.0 Å². The molecule has 0 aliphatic heterocycles. The van der Waals surface area contributed by atoms with Crippen molar-refractivity contribution < 1.29 is 33.1 Å². The van der Waals surface area contributed by atoms with E-state index in [0.29, 0.717) is 19.8 Å². The zero-order valence-corrected chi connectivity index (χ0v) is 17.0. The second kappa shape index (κ2) is 15.0. The largest absolute Gasteiger partial charge is 0.488 e. The van der Waals surface area contributed by atoms with Crippen molar-refractivity contribution in [3.8, 4) is 5.75 Å². The average molecular weight is 404 g/mol. The van der Waals surface area contributed by atoms with E-state index in [1.54, 1.807) is 0 Å². The molecule has 1 unspecified atom stereocenters. The van der Waals surface area contributed by atoms with Crippen LogP contribution in [0.5, 0.6) is 5.75 Å². The van der Waals surface area contributed by atoms with Crippen molar-refractivity contribution >= 4 is 7.82 Å². The molecule has 0 fully saturated rings. The van der Waals surface area contributed by atoms with Crippen LogP contribution in [-0.4, -0.2) is 48.9 Å². The summed E-state index contributed by atoms with van der Waals surface area (Å²) in [6, 6.07) is 9.73. The summed E-state index contributed by atoms with van der Waals surface area (Å²) >= 11 is 0. The van der Waals surface area contributed by atoms with Crippen molar-refractivity contribution in [1.29, 1.82) is 0 Å². The lowest BCUT2D eigenvalue weighted by Gasteiger charge is -2.19. The normalized spacial score (nSPS) is 12.9. The topological polar surface area (TPSA) is 94.5 Å². The number of benzene rings is 1. The van der Waals surface area contributed by atoms with E-state index in [2.05, 4.69) is 11.4 Å². The third-order valence-electron chi connectivity index (χ3n) is 3.84. The van der Waals surface area contributed by atoms with Gasteiger partial charge in [0, 0.05) is 0 Å². The Morgan fingerprint density at radius 2 is 1.59 bits per heavy atom. The summed E-state index contributed by atoms with van der Waals surface area (Å²) in [4.78, 5) is 17.1. The lowest BCUT2D eigenvalue weighted by Crippen LogP contribution is -2.24. The molecule has 0 radical (unpaired) electrons. The van der Waals surface area contributed by atoms with E-state index in [9.17, 15) is 4.57 Å². The molecule has 156 valence electrons. The summed E-state index contributed by atoms with van der Waals surface area (Å²) in [5.74, 6) is 0.838. The van der Waals surface area contributed by atoms with Crippen LogP contribution >= 0.6 is 7.82 Å². The van der Waals surface area contributed by atoms with Crippen LogP contribution in [0.3, 0.4) is 0 Å². The molecule has 0 aromatic heterocycles. The first-order chi connectivity index (χ1) is 13.0. The Morgan fingerprint density at radius 1 is 0.926 bits per heavy atom. The van der Waals surface area contributed by atoms with E-state index in [0.717, 1.165) is 18.6 Å². The van der Waals surface area contributed by atoms with Gasteiger partial charge >= 0.3 is 7.82 Å². The first-order valence-electron chi connectivity index (χ1n) is 9.58. The smallest absolute Gasteiger partial charge is 0.469 e. The van der Waals surface area contributed by atoms with Crippen LogP contribution in [0.4, 0.5) is 0 Å². The number of ether oxygens (including phenoxy) is 3. The van der Waals surface area contributed by atoms with Crippen LogP contribution in [0.15, 0.2) is 30.3 Å². The van der Waals surface area contributed by atoms with Crippen molar-refractivity contribution in [2.45, 2.75) is 51.6 Å². The van der Waals surface area contributed by atoms with Gasteiger partial charge in [-0.2, -0.15) is 0 Å². The van der Waals surface area contributed by atoms with Crippen LogP contribution in [-0.2, 0) is 18.6 Å². The molecule has 0 aliphatic carbocycles. The second-order valence-electron chi connectivity index (χ2n) is 6.27. The van der Waals surface area contributed by atoms with Crippen molar-refractivity contribution in [2.24, 2.45) is 0 Å². The van der Waals surface area contributed by atoms with Gasteiger partial charge < -0.3 is 24.0 Å². The zero-order valence-electron chi connectivity index (χ0n) is 16.1. The standard InChI is InChI=1S/C19H33O7P/c1-2-3-4-5-7-12-19(26-18-10-8-6-9-11-18)17-24-14-13-23-15-16-25-27(20,21)22/h6,8-11,19H,2-5,7,12-17H2,1H3,(H2,20,21,22). The minimum atomic E-state index is -4.42. The Bertz CT molecular complexity index is 506. The van der Waals surface area contributed by atoms with Gasteiger partial charge in [0.25, 0.3) is 0 Å². The maximum absolute atomic E-state index is 10.5. The molecule has 1 aromatic carbocycles. The second-order valence-corrected chi connectivity index (χ2v) is 7.51. The van der Waals surface area contributed by atoms with E-state index in [-0.39, 0.29) is 19.3 Å². The molecule has 2 N–H and O–H groups in total. The highest BCUT2D eigenvalue weighted by Gasteiger charge is 2.13. The molecule has 7 nitrogen and oxygen atoms in total. The Hall–Kier alpha value is -0.950. The number of phosphoric acid groups is 1. The summed E-state index contributed by atoms with van der Waals surface area (Å²) in [6.45, 7) is 3.36. The Balaban J connectivity index is 2.20. The summed E-state index contributed by atoms with van der Waals surface area (Å²) in [6.07, 6.45) is 6.99. The fourth-order valence-electron chi connectivity index (χ4n) is 2.49. The monoisotopic (exact) mass is 404 g/mol. The lowest BCUT2D eigenvalue weighted by molar-refractivity contribution is 0.00222. The van der Waals surface area contributed by atoms with Gasteiger partial charge in [0.1, 0.15) is 11.9 Å². The van der Waals surface area contributed by atoms with E-state index >= 15 is 0 Å². The number of para-hydroxylation sites is 1. The Kier molecular flexibility index (Phi) is 13.4. The number of unbranched alkanes of at least 4 members (excludes halogenated alkanes) is 4. The van der Waals surface area contributed by atoms with Crippen LogP contribution in [0.2, 0.25) is 0 Å². The summed E-state index contributed by atoms with van der Waals surface area (Å²) in [7, 11) is -4.42. The van der Waals surface area contributed by atoms with Crippen LogP contribution < -0.4 is 4.74 Å². The maximum Gasteiger partial charge on any atom is 0.469 e. The lowest BCUT2D eigenvalue weighted by atomic mass is 10.1. The van der Waals surface area contributed by atoms with Crippen molar-refractivity contribution in [3.05, 3.63) is 30.3 Å². The molecular formula is C19H33O7P. The molecule has 0 bridgehead atoms. The summed E-state index contributed by atoms with van der Waals surface area (Å²) in [5, 5.41) is 0. The number of phosphoric ester groups is 1. The number of hydrogen-bond acceptors (Lipinski definition) is 5. The summed E-state index contributed by atoms with van der Waals surface area (Å²) < 4.78 is 31.7. The highest BCUT2D eigenvalue weighted by atomic mass is 31.2. The third-order valence-corrected chi connectivity index (χ3v) is 4.36. The SMILES string of the molecule is CCCCCCCC(COCCOCCOP(=O)(O)O)Oc1ccccc1. The minimum absolute atomic E-state index is 0.00739. The predicted octanol–water partition coefficient (Wildman–Crippen LogP) is 3.94. The Labute approximate surface area is 162 Å². The van der Waals surface area contributed by atoms with Crippen LogP contribution in [0.25, 0.3) is 0 Å². The van der Waals surface area contributed by atoms with E-state index in [1.165, 1.54) is 25.7 Å². The highest BCUT2D eigenvalue weighted by molar-refractivity contribution is 7.46. The van der Waals surface area contributed by atoms with Crippen molar-refractivity contribution in [3.63, 3.8) is 0 Å². The molecule has 1 rings (SSSR count). The fourth-order valence-corrected chi connectivity index (χ4v) is 2.81. The van der Waals surface area contributed by atoms with Gasteiger partial charge in [-0.05, 0) is 25.0 Å². The van der Waals surface area contributed by atoms with Gasteiger partial charge in [-0.3, -0.25) is 4.52 Å². The molecule has 0 amide bonds. The number of rotatable bonds is 17. The molecule has 27 heavy (non-hydrogen) atoms. The molecule has 0 saturated heterocycles. The molecule has 0 heterocycles. The quantitative estimate of drug-likeness (QED) is 0.300. The highest BCUT2D eigenvalue weighted by Crippen LogP contribution is 2.35. The van der Waals surface area contributed by atoms with Crippen molar-refractivity contribution in [1.82, 2.24) is 0 Å². The van der Waals surface area contributed by atoms with Gasteiger partial charge in [-0.25, -0.2) is 4.57 Å². The van der Waals surface area contributed by atoms with Crippen molar-refractivity contribution in [2.75, 3.05) is 33.0 Å². The number of hydrogen-bond donors (Lipinski definition) is 2. The molecule has 0 saturated carbocycles. The van der Waals surface area contributed by atoms with Gasteiger partial charge in [0.15, 0.2) is 0 Å². The van der Waals surface area contributed by atoms with Gasteiger partial charge in [0.2, 0.25) is 0 Å². The van der Waals surface area contributed by atoms with E-state index in [1.807, 2.05) is 30.3 Å². The molecule has 1 atom stereocenters. The molecule has 8 heteroatoms. The van der Waals surface area contributed by atoms with E-state index < -0.39 is 7.82 Å². The molecule has 1 aromatic rings. The predicted molar refractivity (Wildman–Crippen MR) is 104 cm³/mol. The third kappa shape index (κ3) is 14.7. The molecule has 0 aliphatic rings.